The Balaban J connectivity index is 1.35. The third-order valence-corrected chi connectivity index (χ3v) is 7.52. The number of nitrogens with zero attached hydrogens (tertiary/aromatic N) is 3. The number of aryl methyl sites for hydroxylation is 1. The molecule has 0 amide bonds. The van der Waals surface area contributed by atoms with Gasteiger partial charge in [0.05, 0.1) is 18.3 Å². The number of benzene rings is 3. The number of ketones is 1. The number of Topliss-reactive ketones (excluding diaryl/α,β-unsaturated/α-hetero) is 1. The van der Waals surface area contributed by atoms with Crippen molar-refractivity contribution in [2.24, 2.45) is 5.41 Å². The molecule has 1 saturated heterocycles. The molecule has 8 heteroatoms. The minimum atomic E-state index is -1.56. The molecule has 0 bridgehead atoms. The molecule has 7 nitrogen and oxygen atoms in total. The number of hydrogen-bond donors (Lipinski definition) is 0. The summed E-state index contributed by atoms with van der Waals surface area (Å²) in [6.07, 6.45) is 1.25. The zero-order chi connectivity index (χ0) is 28.1. The average molecular weight is 556 g/mol. The Kier molecular flexibility index (Phi) is 8.24. The van der Waals surface area contributed by atoms with Crippen LogP contribution in [0, 0.1) is 5.41 Å². The van der Waals surface area contributed by atoms with Crippen molar-refractivity contribution in [3.05, 3.63) is 131 Å². The van der Waals surface area contributed by atoms with E-state index in [-0.39, 0.29) is 18.0 Å². The lowest BCUT2D eigenvalue weighted by Gasteiger charge is -2.42. The van der Waals surface area contributed by atoms with Crippen molar-refractivity contribution in [3.8, 4) is 0 Å². The minimum Gasteiger partial charge on any atom is -0.460 e. The fourth-order valence-electron chi connectivity index (χ4n) is 4.93. The van der Waals surface area contributed by atoms with Gasteiger partial charge in [-0.3, -0.25) is 9.59 Å². The van der Waals surface area contributed by atoms with E-state index in [1.165, 1.54) is 0 Å². The molecule has 0 saturated carbocycles. The Morgan fingerprint density at radius 2 is 1.70 bits per heavy atom. The van der Waals surface area contributed by atoms with Crippen LogP contribution in [-0.4, -0.2) is 32.9 Å². The van der Waals surface area contributed by atoms with E-state index in [1.807, 2.05) is 91.1 Å². The van der Waals surface area contributed by atoms with Crippen molar-refractivity contribution in [2.45, 2.75) is 45.1 Å². The Morgan fingerprint density at radius 3 is 2.40 bits per heavy atom. The molecule has 1 aromatic heterocycles. The van der Waals surface area contributed by atoms with Crippen LogP contribution < -0.4 is 0 Å². The standard InChI is InChI=1S/C32H30ClN3O4/c1-22-29(25-11-7-4-8-12-25)40-28(32(2,30(22)37)31(38)39-21-24-9-5-3-6-10-24)18-17-27-20-36(35-34-27)19-23-13-15-26(33)16-14-23/h3-16,20,28-29H,1,17-19,21H2,2H3/t28-,29-,32-/m1/s1. The van der Waals surface area contributed by atoms with Gasteiger partial charge in [0.1, 0.15) is 12.7 Å². The second kappa shape index (κ2) is 12.0. The fourth-order valence-corrected chi connectivity index (χ4v) is 5.05. The van der Waals surface area contributed by atoms with Crippen molar-refractivity contribution in [1.82, 2.24) is 15.0 Å². The van der Waals surface area contributed by atoms with Gasteiger partial charge in [0.25, 0.3) is 0 Å². The van der Waals surface area contributed by atoms with Crippen LogP contribution in [0.4, 0.5) is 0 Å². The van der Waals surface area contributed by atoms with Crippen molar-refractivity contribution >= 4 is 23.4 Å². The molecule has 204 valence electrons. The maximum absolute atomic E-state index is 13.8. The summed E-state index contributed by atoms with van der Waals surface area (Å²) in [5, 5.41) is 9.22. The molecule has 1 aliphatic rings. The highest BCUT2D eigenvalue weighted by molar-refractivity contribution is 6.30. The number of halogens is 1. The number of hydrogen-bond acceptors (Lipinski definition) is 6. The summed E-state index contributed by atoms with van der Waals surface area (Å²) in [6, 6.07) is 26.3. The van der Waals surface area contributed by atoms with Crippen molar-refractivity contribution in [2.75, 3.05) is 0 Å². The normalized spacial score (nSPS) is 20.9. The van der Waals surface area contributed by atoms with Gasteiger partial charge in [-0.1, -0.05) is 96.2 Å². The smallest absolute Gasteiger partial charge is 0.322 e. The molecule has 0 spiro atoms. The second-order valence-electron chi connectivity index (χ2n) is 10.1. The molecule has 0 N–H and O–H groups in total. The number of aromatic nitrogens is 3. The van der Waals surface area contributed by atoms with E-state index < -0.39 is 23.6 Å². The Morgan fingerprint density at radius 1 is 1.02 bits per heavy atom. The maximum atomic E-state index is 13.8. The average Bonchev–Trinajstić information content (AvgIpc) is 3.43. The van der Waals surface area contributed by atoms with Crippen molar-refractivity contribution < 1.29 is 19.1 Å². The quantitative estimate of drug-likeness (QED) is 0.145. The van der Waals surface area contributed by atoms with E-state index in [1.54, 1.807) is 11.6 Å². The SMILES string of the molecule is C=C1C(=O)[C@](C)(C(=O)OCc2ccccc2)[C@@H](CCc2cn(Cc3ccc(Cl)cc3)nn2)O[C@H]1c1ccccc1. The van der Waals surface area contributed by atoms with Crippen LogP contribution in [0.2, 0.25) is 5.02 Å². The highest BCUT2D eigenvalue weighted by Crippen LogP contribution is 2.44. The third kappa shape index (κ3) is 5.91. The van der Waals surface area contributed by atoms with Gasteiger partial charge in [-0.25, -0.2) is 4.68 Å². The van der Waals surface area contributed by atoms with Crippen LogP contribution in [0.5, 0.6) is 0 Å². The highest BCUT2D eigenvalue weighted by Gasteiger charge is 2.55. The van der Waals surface area contributed by atoms with Crippen LogP contribution in [-0.2, 0) is 38.6 Å². The molecule has 40 heavy (non-hydrogen) atoms. The Bertz CT molecular complexity index is 1490. The number of carbonyl (C=O) groups is 2. The molecule has 1 aliphatic heterocycles. The second-order valence-corrected chi connectivity index (χ2v) is 10.5. The summed E-state index contributed by atoms with van der Waals surface area (Å²) < 4.78 is 13.9. The van der Waals surface area contributed by atoms with Gasteiger partial charge in [0.15, 0.2) is 11.2 Å². The monoisotopic (exact) mass is 555 g/mol. The lowest BCUT2D eigenvalue weighted by atomic mass is 9.71. The van der Waals surface area contributed by atoms with Gasteiger partial charge in [0, 0.05) is 16.8 Å². The van der Waals surface area contributed by atoms with Gasteiger partial charge in [-0.2, -0.15) is 0 Å². The number of ether oxygens (including phenoxy) is 2. The van der Waals surface area contributed by atoms with Crippen LogP contribution in [0.1, 0.15) is 41.8 Å². The number of rotatable bonds is 9. The third-order valence-electron chi connectivity index (χ3n) is 7.27. The van der Waals surface area contributed by atoms with Crippen LogP contribution in [0.15, 0.2) is 103 Å². The summed E-state index contributed by atoms with van der Waals surface area (Å²) in [5.74, 6) is -1.01. The van der Waals surface area contributed by atoms with Gasteiger partial charge >= 0.3 is 5.97 Å². The van der Waals surface area contributed by atoms with Crippen molar-refractivity contribution in [1.29, 1.82) is 0 Å². The van der Waals surface area contributed by atoms with E-state index in [0.717, 1.165) is 22.4 Å². The van der Waals surface area contributed by atoms with Crippen LogP contribution >= 0.6 is 11.6 Å². The van der Waals surface area contributed by atoms with E-state index in [9.17, 15) is 9.59 Å². The zero-order valence-corrected chi connectivity index (χ0v) is 23.0. The van der Waals surface area contributed by atoms with Crippen LogP contribution in [0.25, 0.3) is 0 Å². The first-order chi connectivity index (χ1) is 19.3. The topological polar surface area (TPSA) is 83.3 Å². The predicted molar refractivity (Wildman–Crippen MR) is 151 cm³/mol. The van der Waals surface area contributed by atoms with E-state index in [0.29, 0.717) is 24.4 Å². The maximum Gasteiger partial charge on any atom is 0.322 e. The summed E-state index contributed by atoms with van der Waals surface area (Å²) >= 11 is 5.99. The molecule has 3 aromatic carbocycles. The molecule has 0 aliphatic carbocycles. The molecular formula is C32H30ClN3O4. The first kappa shape index (κ1) is 27.5. The Labute approximate surface area is 238 Å². The molecule has 5 rings (SSSR count). The van der Waals surface area contributed by atoms with E-state index >= 15 is 0 Å². The molecule has 1 fully saturated rings. The molecule has 4 aromatic rings. The number of carbonyl (C=O) groups excluding carboxylic acids is 2. The lowest BCUT2D eigenvalue weighted by molar-refractivity contribution is -0.179. The molecule has 0 radical (unpaired) electrons. The fraction of sp³-hybridized carbons (Fsp3) is 0.250. The highest BCUT2D eigenvalue weighted by atomic mass is 35.5. The van der Waals surface area contributed by atoms with Crippen molar-refractivity contribution in [3.63, 3.8) is 0 Å². The van der Waals surface area contributed by atoms with Gasteiger partial charge in [0.2, 0.25) is 0 Å². The summed E-state index contributed by atoms with van der Waals surface area (Å²) in [6.45, 7) is 6.23. The number of esters is 1. The van der Waals surface area contributed by atoms with Crippen LogP contribution in [0.3, 0.4) is 0 Å². The first-order valence-corrected chi connectivity index (χ1v) is 13.5. The first-order valence-electron chi connectivity index (χ1n) is 13.1. The summed E-state index contributed by atoms with van der Waals surface area (Å²) in [5.41, 5.74) is 2.08. The van der Waals surface area contributed by atoms with Gasteiger partial charge in [-0.05, 0) is 48.6 Å². The van der Waals surface area contributed by atoms with Gasteiger partial charge in [-0.15, -0.1) is 5.10 Å². The lowest BCUT2D eigenvalue weighted by Crippen LogP contribution is -2.54. The molecule has 3 atom stereocenters. The molecule has 0 unspecified atom stereocenters. The molecular weight excluding hydrogens is 526 g/mol. The summed E-state index contributed by atoms with van der Waals surface area (Å²) in [7, 11) is 0. The van der Waals surface area contributed by atoms with Gasteiger partial charge < -0.3 is 9.47 Å². The zero-order valence-electron chi connectivity index (χ0n) is 22.2. The predicted octanol–water partition coefficient (Wildman–Crippen LogP) is 5.93. The minimum absolute atomic E-state index is 0.0584. The largest absolute Gasteiger partial charge is 0.460 e. The molecule has 2 heterocycles. The summed E-state index contributed by atoms with van der Waals surface area (Å²) in [4.78, 5) is 27.4. The van der Waals surface area contributed by atoms with E-state index in [4.69, 9.17) is 21.1 Å². The Hall–Kier alpha value is -4.07. The van der Waals surface area contributed by atoms with E-state index in [2.05, 4.69) is 16.9 Å².